The molecule has 0 atom stereocenters. The Morgan fingerprint density at radius 2 is 0.940 bits per heavy atom. The second-order valence-electron chi connectivity index (χ2n) is 12.6. The first-order valence-corrected chi connectivity index (χ1v) is 16.7. The Morgan fingerprint density at radius 3 is 1.78 bits per heavy atom. The molecule has 0 saturated heterocycles. The van der Waals surface area contributed by atoms with E-state index in [1.807, 2.05) is 30.3 Å². The molecule has 0 N–H and O–H groups in total. The van der Waals surface area contributed by atoms with Crippen LogP contribution in [0.4, 0.5) is 0 Å². The summed E-state index contributed by atoms with van der Waals surface area (Å²) in [5.74, 6) is 0. The summed E-state index contributed by atoms with van der Waals surface area (Å²) in [4.78, 5) is 9.43. The van der Waals surface area contributed by atoms with Gasteiger partial charge in [-0.2, -0.15) is 0 Å². The largest absolute Gasteiger partial charge is 0.456 e. The molecule has 10 aromatic rings. The topological polar surface area (TPSA) is 52.1 Å². The summed E-state index contributed by atoms with van der Waals surface area (Å²) in [5, 5.41) is 3.23. The van der Waals surface area contributed by atoms with E-state index in [0.717, 1.165) is 83.1 Å². The molecule has 7 aromatic carbocycles. The van der Waals surface area contributed by atoms with Crippen LogP contribution in [0.25, 0.3) is 99.8 Å². The van der Waals surface area contributed by atoms with Crippen LogP contribution < -0.4 is 0 Å². The van der Waals surface area contributed by atoms with Gasteiger partial charge in [-0.3, -0.25) is 0 Å². The minimum absolute atomic E-state index is 0.684. The molecule has 3 heterocycles. The lowest BCUT2D eigenvalue weighted by Crippen LogP contribution is -1.88. The van der Waals surface area contributed by atoms with Gasteiger partial charge in [0, 0.05) is 21.7 Å². The number of nitrogens with zero attached hydrogens (tertiary/aromatic N) is 2. The monoisotopic (exact) mass is 640 g/mol. The Labute approximate surface area is 287 Å². The Bertz CT molecular complexity index is 2860. The van der Waals surface area contributed by atoms with Crippen LogP contribution in [-0.2, 0) is 0 Å². The maximum atomic E-state index is 6.46. The van der Waals surface area contributed by atoms with Crippen LogP contribution in [0.2, 0.25) is 0 Å². The second-order valence-corrected chi connectivity index (χ2v) is 12.6. The molecule has 0 amide bonds. The molecule has 3 aromatic heterocycles. The lowest BCUT2D eigenvalue weighted by molar-refractivity contribution is 0.667. The molecular weight excluding hydrogens is 613 g/mol. The fraction of sp³-hybridized carbons (Fsp3) is 0. The van der Waals surface area contributed by atoms with E-state index in [1.54, 1.807) is 6.33 Å². The van der Waals surface area contributed by atoms with Gasteiger partial charge in [-0.05, 0) is 80.9 Å². The Hall–Kier alpha value is -6.78. The van der Waals surface area contributed by atoms with Crippen molar-refractivity contribution in [3.05, 3.63) is 170 Å². The maximum absolute atomic E-state index is 6.46. The van der Waals surface area contributed by atoms with E-state index in [9.17, 15) is 0 Å². The number of fused-ring (bicyclic) bond motifs is 6. The lowest BCUT2D eigenvalue weighted by atomic mass is 9.95. The van der Waals surface area contributed by atoms with E-state index in [0.29, 0.717) is 5.58 Å². The lowest BCUT2D eigenvalue weighted by Gasteiger charge is -2.09. The molecule has 50 heavy (non-hydrogen) atoms. The van der Waals surface area contributed by atoms with Crippen LogP contribution in [0.15, 0.2) is 179 Å². The molecule has 0 bridgehead atoms. The van der Waals surface area contributed by atoms with Gasteiger partial charge in [-0.1, -0.05) is 127 Å². The molecule has 0 aliphatic carbocycles. The number of benzene rings is 7. The van der Waals surface area contributed by atoms with Gasteiger partial charge in [0.15, 0.2) is 5.58 Å². The number of hydrogen-bond donors (Lipinski definition) is 0. The van der Waals surface area contributed by atoms with Crippen molar-refractivity contribution in [3.8, 4) is 55.8 Å². The standard InChI is InChI=1S/C46H28N2O2/c1-2-9-29(10-3-1)30-19-21-31(22-20-30)34-23-24-41-39(27-34)45-46(50-41)44(47-28-48-45)36-14-7-12-33(26-36)32-11-6-13-35(25-32)37-16-8-18-42-43(37)38-15-4-5-17-40(38)49-42/h1-28H. The fourth-order valence-electron chi connectivity index (χ4n) is 7.17. The van der Waals surface area contributed by atoms with Crippen molar-refractivity contribution in [3.63, 3.8) is 0 Å². The molecule has 0 unspecified atom stereocenters. The zero-order valence-corrected chi connectivity index (χ0v) is 26.9. The van der Waals surface area contributed by atoms with Crippen LogP contribution in [-0.4, -0.2) is 9.97 Å². The average Bonchev–Trinajstić information content (AvgIpc) is 3.77. The van der Waals surface area contributed by atoms with Gasteiger partial charge in [0.2, 0.25) is 0 Å². The zero-order chi connectivity index (χ0) is 33.0. The summed E-state index contributed by atoms with van der Waals surface area (Å²) in [5.41, 5.74) is 15.0. The first-order chi connectivity index (χ1) is 24.8. The van der Waals surface area contributed by atoms with Gasteiger partial charge >= 0.3 is 0 Å². The summed E-state index contributed by atoms with van der Waals surface area (Å²) >= 11 is 0. The highest BCUT2D eigenvalue weighted by Crippen LogP contribution is 2.39. The first-order valence-electron chi connectivity index (χ1n) is 16.7. The van der Waals surface area contributed by atoms with E-state index >= 15 is 0 Å². The third-order valence-electron chi connectivity index (χ3n) is 9.62. The van der Waals surface area contributed by atoms with Crippen molar-refractivity contribution in [2.24, 2.45) is 0 Å². The van der Waals surface area contributed by atoms with Gasteiger partial charge in [0.25, 0.3) is 0 Å². The zero-order valence-electron chi connectivity index (χ0n) is 26.9. The Morgan fingerprint density at radius 1 is 0.360 bits per heavy atom. The van der Waals surface area contributed by atoms with Crippen molar-refractivity contribution in [2.45, 2.75) is 0 Å². The van der Waals surface area contributed by atoms with Crippen LogP contribution in [0.3, 0.4) is 0 Å². The molecule has 4 nitrogen and oxygen atoms in total. The SMILES string of the molecule is c1ccc(-c2ccc(-c3ccc4oc5c(-c6cccc(-c7cccc(-c8cccc9oc%10ccccc%10c89)c7)c6)ncnc5c4c3)cc2)cc1. The van der Waals surface area contributed by atoms with E-state index < -0.39 is 0 Å². The summed E-state index contributed by atoms with van der Waals surface area (Å²) in [6, 6.07) is 57.1. The number of aromatic nitrogens is 2. The molecular formula is C46H28N2O2. The van der Waals surface area contributed by atoms with Gasteiger partial charge in [-0.25, -0.2) is 9.97 Å². The second kappa shape index (κ2) is 11.4. The summed E-state index contributed by atoms with van der Waals surface area (Å²) in [6.07, 6.45) is 1.64. The van der Waals surface area contributed by atoms with Crippen molar-refractivity contribution in [1.29, 1.82) is 0 Å². The first kappa shape index (κ1) is 28.3. The quantitative estimate of drug-likeness (QED) is 0.188. The van der Waals surface area contributed by atoms with Gasteiger partial charge in [0.1, 0.15) is 34.3 Å². The van der Waals surface area contributed by atoms with Crippen molar-refractivity contribution < 1.29 is 8.83 Å². The van der Waals surface area contributed by atoms with E-state index in [-0.39, 0.29) is 0 Å². The van der Waals surface area contributed by atoms with Crippen molar-refractivity contribution in [1.82, 2.24) is 9.97 Å². The van der Waals surface area contributed by atoms with Gasteiger partial charge < -0.3 is 8.83 Å². The summed E-state index contributed by atoms with van der Waals surface area (Å²) in [7, 11) is 0. The van der Waals surface area contributed by atoms with Crippen molar-refractivity contribution >= 4 is 44.0 Å². The van der Waals surface area contributed by atoms with E-state index in [4.69, 9.17) is 18.8 Å². The van der Waals surface area contributed by atoms with Crippen LogP contribution in [0.1, 0.15) is 0 Å². The number of hydrogen-bond acceptors (Lipinski definition) is 4. The molecule has 234 valence electrons. The van der Waals surface area contributed by atoms with Crippen LogP contribution >= 0.6 is 0 Å². The molecule has 10 rings (SSSR count). The number of furan rings is 2. The highest BCUT2D eigenvalue weighted by molar-refractivity contribution is 6.12. The van der Waals surface area contributed by atoms with E-state index in [1.165, 1.54) is 11.1 Å². The highest BCUT2D eigenvalue weighted by atomic mass is 16.3. The maximum Gasteiger partial charge on any atom is 0.180 e. The third kappa shape index (κ3) is 4.69. The summed E-state index contributed by atoms with van der Waals surface area (Å²) < 4.78 is 12.6. The number of para-hydroxylation sites is 1. The van der Waals surface area contributed by atoms with Crippen LogP contribution in [0, 0.1) is 0 Å². The summed E-state index contributed by atoms with van der Waals surface area (Å²) in [6.45, 7) is 0. The molecule has 0 aliphatic heterocycles. The van der Waals surface area contributed by atoms with Crippen molar-refractivity contribution in [2.75, 3.05) is 0 Å². The normalized spacial score (nSPS) is 11.6. The number of rotatable bonds is 5. The molecule has 4 heteroatoms. The smallest absolute Gasteiger partial charge is 0.180 e. The molecule has 0 radical (unpaired) electrons. The molecule has 0 saturated carbocycles. The predicted molar refractivity (Wildman–Crippen MR) is 204 cm³/mol. The van der Waals surface area contributed by atoms with Gasteiger partial charge in [0.05, 0.1) is 0 Å². The molecule has 0 fully saturated rings. The minimum Gasteiger partial charge on any atom is -0.456 e. The van der Waals surface area contributed by atoms with Crippen LogP contribution in [0.5, 0.6) is 0 Å². The Balaban J connectivity index is 1.02. The van der Waals surface area contributed by atoms with Gasteiger partial charge in [-0.15, -0.1) is 0 Å². The minimum atomic E-state index is 0.684. The predicted octanol–water partition coefficient (Wildman–Crippen LogP) is 12.6. The Kier molecular flexibility index (Phi) is 6.46. The highest BCUT2D eigenvalue weighted by Gasteiger charge is 2.17. The molecule has 0 aliphatic rings. The average molecular weight is 641 g/mol. The van der Waals surface area contributed by atoms with E-state index in [2.05, 4.69) is 133 Å². The molecule has 0 spiro atoms. The fourth-order valence-corrected chi connectivity index (χ4v) is 7.17. The third-order valence-corrected chi connectivity index (χ3v) is 9.62.